The summed E-state index contributed by atoms with van der Waals surface area (Å²) in [6, 6.07) is 20.3. The Morgan fingerprint density at radius 3 is 2.48 bits per heavy atom. The van der Waals surface area contributed by atoms with E-state index in [0.717, 1.165) is 91.0 Å². The van der Waals surface area contributed by atoms with Crippen molar-refractivity contribution in [3.63, 3.8) is 0 Å². The van der Waals surface area contributed by atoms with Gasteiger partial charge in [0.25, 0.3) is 0 Å². The van der Waals surface area contributed by atoms with Crippen molar-refractivity contribution in [2.45, 2.75) is 26.3 Å². The highest BCUT2D eigenvalue weighted by Crippen LogP contribution is 2.42. The number of methoxy groups -OCH3 is 2. The van der Waals surface area contributed by atoms with Gasteiger partial charge in [-0.05, 0) is 48.9 Å². The zero-order valence-electron chi connectivity index (χ0n) is 24.6. The van der Waals surface area contributed by atoms with Crippen molar-refractivity contribution in [2.75, 3.05) is 67.5 Å². The lowest BCUT2D eigenvalue weighted by molar-refractivity contribution is 0.122. The molecule has 2 aromatic carbocycles. The van der Waals surface area contributed by atoms with Crippen LogP contribution in [0.3, 0.4) is 0 Å². The molecule has 2 N–H and O–H groups in total. The average molecular weight is 568 g/mol. The lowest BCUT2D eigenvalue weighted by atomic mass is 10.1. The van der Waals surface area contributed by atoms with E-state index in [1.165, 1.54) is 5.56 Å². The first kappa shape index (κ1) is 27.6. The molecule has 0 spiro atoms. The summed E-state index contributed by atoms with van der Waals surface area (Å²) in [7, 11) is 3.36. The maximum Gasteiger partial charge on any atom is 0.231 e. The van der Waals surface area contributed by atoms with Crippen molar-refractivity contribution in [2.24, 2.45) is 0 Å². The van der Waals surface area contributed by atoms with Gasteiger partial charge in [0.05, 0.1) is 33.1 Å². The maximum absolute atomic E-state index is 5.79. The molecule has 0 amide bonds. The van der Waals surface area contributed by atoms with Crippen LogP contribution in [-0.4, -0.2) is 62.0 Å². The number of hydrogen-bond acceptors (Lipinski definition) is 10. The Morgan fingerprint density at radius 2 is 1.74 bits per heavy atom. The van der Waals surface area contributed by atoms with Crippen molar-refractivity contribution >= 4 is 34.8 Å². The van der Waals surface area contributed by atoms with Gasteiger partial charge in [-0.1, -0.05) is 25.1 Å². The number of nitrogens with zero attached hydrogens (tertiary/aromatic N) is 5. The largest absolute Gasteiger partial charge is 0.497 e. The highest BCUT2D eigenvalue weighted by molar-refractivity contribution is 5.74. The minimum Gasteiger partial charge on any atom is -0.497 e. The van der Waals surface area contributed by atoms with E-state index in [0.29, 0.717) is 5.95 Å². The van der Waals surface area contributed by atoms with Gasteiger partial charge in [-0.3, -0.25) is 0 Å². The molecule has 42 heavy (non-hydrogen) atoms. The molecular formula is C32H37N7O3. The van der Waals surface area contributed by atoms with Gasteiger partial charge < -0.3 is 34.6 Å². The second kappa shape index (κ2) is 12.1. The Hall–Kier alpha value is -4.57. The fourth-order valence-electron chi connectivity index (χ4n) is 5.56. The molecule has 0 saturated carbocycles. The summed E-state index contributed by atoms with van der Waals surface area (Å²) in [6.45, 7) is 8.90. The molecule has 0 radical (unpaired) electrons. The molecule has 4 aromatic rings. The van der Waals surface area contributed by atoms with Gasteiger partial charge in [-0.15, -0.1) is 0 Å². The van der Waals surface area contributed by atoms with Crippen LogP contribution in [-0.2, 0) is 11.3 Å². The molecule has 6 rings (SSSR count). The highest BCUT2D eigenvalue weighted by atomic mass is 16.5. The highest BCUT2D eigenvalue weighted by Gasteiger charge is 2.32. The minimum atomic E-state index is 0.224. The molecule has 1 fully saturated rings. The van der Waals surface area contributed by atoms with Gasteiger partial charge in [0.1, 0.15) is 29.0 Å². The summed E-state index contributed by atoms with van der Waals surface area (Å²) in [5.74, 6) is 4.66. The Bertz CT molecular complexity index is 1540. The Balaban J connectivity index is 1.35. The second-order valence-corrected chi connectivity index (χ2v) is 10.7. The van der Waals surface area contributed by atoms with Gasteiger partial charge in [-0.25, -0.2) is 4.98 Å². The molecule has 2 aliphatic heterocycles. The van der Waals surface area contributed by atoms with Gasteiger partial charge >= 0.3 is 0 Å². The van der Waals surface area contributed by atoms with Crippen molar-refractivity contribution in [1.29, 1.82) is 0 Å². The van der Waals surface area contributed by atoms with E-state index >= 15 is 0 Å². The number of nitrogens with one attached hydrogen (secondary N) is 2. The summed E-state index contributed by atoms with van der Waals surface area (Å²) in [5.41, 5.74) is 5.08. The number of pyridine rings is 1. The molecule has 218 valence electrons. The average Bonchev–Trinajstić information content (AvgIpc) is 3.32. The van der Waals surface area contributed by atoms with Crippen molar-refractivity contribution in [1.82, 2.24) is 15.0 Å². The normalized spacial score (nSPS) is 16.2. The van der Waals surface area contributed by atoms with Crippen LogP contribution < -0.4 is 29.9 Å². The second-order valence-electron chi connectivity index (χ2n) is 10.7. The molecule has 1 saturated heterocycles. The standard InChI is InChI=1S/C32H37N7O3/c1-21-19-39(20-23-8-11-25(40-3)12-9-23)31-29(21)30(35-28-7-5-6-22(2)33-28)36-32(37-31)34-26-13-10-24(18-27(26)41-4)38-14-16-42-17-15-38/h5-13,18,21H,14-17,19-20H2,1-4H3,(H2,33,34,35,36,37). The number of aromatic nitrogens is 3. The fourth-order valence-corrected chi connectivity index (χ4v) is 5.56. The van der Waals surface area contributed by atoms with Gasteiger partial charge in [0.15, 0.2) is 0 Å². The number of ether oxygens (including phenoxy) is 3. The molecule has 4 heterocycles. The van der Waals surface area contributed by atoms with E-state index in [2.05, 4.69) is 56.6 Å². The molecule has 0 bridgehead atoms. The number of aryl methyl sites for hydroxylation is 1. The number of benzene rings is 2. The molecule has 10 nitrogen and oxygen atoms in total. The third-order valence-corrected chi connectivity index (χ3v) is 7.69. The van der Waals surface area contributed by atoms with Gasteiger partial charge in [0.2, 0.25) is 5.95 Å². The number of anilines is 6. The molecular weight excluding hydrogens is 530 g/mol. The fraction of sp³-hybridized carbons (Fsp3) is 0.344. The van der Waals surface area contributed by atoms with Crippen LogP contribution >= 0.6 is 0 Å². The topological polar surface area (TPSA) is 96.9 Å². The van der Waals surface area contributed by atoms with Crippen LogP contribution in [0.15, 0.2) is 60.7 Å². The lowest BCUT2D eigenvalue weighted by Gasteiger charge is -2.29. The molecule has 2 aromatic heterocycles. The lowest BCUT2D eigenvalue weighted by Crippen LogP contribution is -2.36. The quantitative estimate of drug-likeness (QED) is 0.264. The Morgan fingerprint density at radius 1 is 0.929 bits per heavy atom. The van der Waals surface area contributed by atoms with Crippen molar-refractivity contribution in [3.8, 4) is 11.5 Å². The first-order chi connectivity index (χ1) is 20.5. The van der Waals surface area contributed by atoms with E-state index in [9.17, 15) is 0 Å². The molecule has 1 atom stereocenters. The SMILES string of the molecule is COc1ccc(CN2CC(C)c3c(Nc4cccc(C)n4)nc(Nc4ccc(N5CCOCC5)cc4OC)nc32)cc1. The third-order valence-electron chi connectivity index (χ3n) is 7.69. The molecule has 0 aliphatic carbocycles. The van der Waals surface area contributed by atoms with E-state index in [1.54, 1.807) is 14.2 Å². The predicted molar refractivity (Wildman–Crippen MR) is 166 cm³/mol. The first-order valence-corrected chi connectivity index (χ1v) is 14.3. The molecule has 10 heteroatoms. The zero-order valence-corrected chi connectivity index (χ0v) is 24.6. The minimum absolute atomic E-state index is 0.224. The van der Waals surface area contributed by atoms with Crippen LogP contribution in [0.2, 0.25) is 0 Å². The molecule has 2 aliphatic rings. The number of rotatable bonds is 9. The number of fused-ring (bicyclic) bond motifs is 1. The van der Waals surface area contributed by atoms with Gasteiger partial charge in [0, 0.05) is 55.1 Å². The van der Waals surface area contributed by atoms with Crippen LogP contribution in [0.1, 0.15) is 29.7 Å². The summed E-state index contributed by atoms with van der Waals surface area (Å²) in [4.78, 5) is 19.3. The van der Waals surface area contributed by atoms with Gasteiger partial charge in [-0.2, -0.15) is 9.97 Å². The maximum atomic E-state index is 5.79. The smallest absolute Gasteiger partial charge is 0.231 e. The summed E-state index contributed by atoms with van der Waals surface area (Å²) in [5, 5.41) is 6.93. The molecule has 1 unspecified atom stereocenters. The number of hydrogen-bond donors (Lipinski definition) is 2. The van der Waals surface area contributed by atoms with Crippen LogP contribution in [0.25, 0.3) is 0 Å². The van der Waals surface area contributed by atoms with Crippen LogP contribution in [0, 0.1) is 6.92 Å². The summed E-state index contributed by atoms with van der Waals surface area (Å²) in [6.07, 6.45) is 0. The van der Waals surface area contributed by atoms with Crippen molar-refractivity contribution < 1.29 is 14.2 Å². The van der Waals surface area contributed by atoms with Crippen LogP contribution in [0.5, 0.6) is 11.5 Å². The summed E-state index contributed by atoms with van der Waals surface area (Å²) < 4.78 is 16.7. The number of morpholine rings is 1. The van der Waals surface area contributed by atoms with E-state index in [1.807, 2.05) is 43.3 Å². The van der Waals surface area contributed by atoms with Crippen LogP contribution in [0.4, 0.5) is 34.8 Å². The third kappa shape index (κ3) is 5.89. The summed E-state index contributed by atoms with van der Waals surface area (Å²) >= 11 is 0. The monoisotopic (exact) mass is 567 g/mol. The Labute approximate surface area is 246 Å². The van der Waals surface area contributed by atoms with E-state index in [4.69, 9.17) is 24.2 Å². The van der Waals surface area contributed by atoms with E-state index in [-0.39, 0.29) is 5.92 Å². The van der Waals surface area contributed by atoms with Crippen molar-refractivity contribution in [3.05, 3.63) is 77.5 Å². The Kier molecular flexibility index (Phi) is 7.96. The first-order valence-electron chi connectivity index (χ1n) is 14.3. The zero-order chi connectivity index (χ0) is 29.1. The predicted octanol–water partition coefficient (Wildman–Crippen LogP) is 5.64. The van der Waals surface area contributed by atoms with E-state index < -0.39 is 0 Å².